The number of thiophene rings is 1. The number of hydrogen-bond donors (Lipinski definition) is 0. The summed E-state index contributed by atoms with van der Waals surface area (Å²) in [6, 6.07) is 9.35. The van der Waals surface area contributed by atoms with Crippen molar-refractivity contribution in [3.63, 3.8) is 0 Å². The highest BCUT2D eigenvalue weighted by molar-refractivity contribution is 7.18. The Morgan fingerprint density at radius 2 is 2.25 bits per heavy atom. The van der Waals surface area contributed by atoms with Crippen molar-refractivity contribution in [2.75, 3.05) is 6.54 Å². The molecule has 0 fully saturated rings. The van der Waals surface area contributed by atoms with Gasteiger partial charge in [-0.25, -0.2) is 5.01 Å². The molecule has 0 N–H and O–H groups in total. The number of aromatic nitrogens is 1. The molecule has 0 radical (unpaired) electrons. The predicted molar refractivity (Wildman–Crippen MR) is 80.1 cm³/mol. The molecule has 2 aromatic rings. The Bertz CT molecular complexity index is 653. The van der Waals surface area contributed by atoms with Gasteiger partial charge in [0.2, 0.25) is 5.91 Å². The van der Waals surface area contributed by atoms with E-state index in [0.717, 1.165) is 27.0 Å². The summed E-state index contributed by atoms with van der Waals surface area (Å²) in [4.78, 5) is 17.3. The van der Waals surface area contributed by atoms with Crippen molar-refractivity contribution < 1.29 is 4.79 Å². The molecule has 0 atom stereocenters. The highest BCUT2D eigenvalue weighted by Gasteiger charge is 2.22. The van der Waals surface area contributed by atoms with Crippen molar-refractivity contribution in [1.82, 2.24) is 9.99 Å². The van der Waals surface area contributed by atoms with Crippen molar-refractivity contribution in [1.29, 1.82) is 0 Å². The number of hydrogen-bond acceptors (Lipinski definition) is 4. The zero-order valence-electron chi connectivity index (χ0n) is 10.6. The van der Waals surface area contributed by atoms with Crippen LogP contribution in [0.5, 0.6) is 0 Å². The fraction of sp³-hybridized carbons (Fsp3) is 0.214. The number of hydrazone groups is 1. The fourth-order valence-electron chi connectivity index (χ4n) is 2.03. The van der Waals surface area contributed by atoms with E-state index >= 15 is 0 Å². The first-order valence-corrected chi connectivity index (χ1v) is 7.45. The molecule has 6 heteroatoms. The lowest BCUT2D eigenvalue weighted by Crippen LogP contribution is -2.25. The molecule has 0 saturated heterocycles. The fourth-order valence-corrected chi connectivity index (χ4v) is 3.08. The molecule has 1 aliphatic rings. The molecule has 3 heterocycles. The summed E-state index contributed by atoms with van der Waals surface area (Å²) in [6.07, 6.45) is 2.74. The zero-order chi connectivity index (χ0) is 13.9. The standard InChI is InChI=1S/C14H12ClN3OS/c15-13-5-4-12(20-13)11-6-8-18(17-11)14(19)9-10-3-1-2-7-16-10/h1-5,7H,6,8-9H2. The van der Waals surface area contributed by atoms with Gasteiger partial charge >= 0.3 is 0 Å². The second-order valence-electron chi connectivity index (χ2n) is 4.42. The minimum absolute atomic E-state index is 0.0265. The summed E-state index contributed by atoms with van der Waals surface area (Å²) in [5.74, 6) is -0.0265. The minimum atomic E-state index is -0.0265. The second-order valence-corrected chi connectivity index (χ2v) is 6.13. The molecule has 0 bridgehead atoms. The highest BCUT2D eigenvalue weighted by atomic mass is 35.5. The first-order valence-electron chi connectivity index (χ1n) is 6.26. The van der Waals surface area contributed by atoms with Crippen LogP contribution in [0, 0.1) is 0 Å². The van der Waals surface area contributed by atoms with E-state index in [9.17, 15) is 4.79 Å². The number of pyridine rings is 1. The van der Waals surface area contributed by atoms with Crippen LogP contribution in [-0.2, 0) is 11.2 Å². The molecular formula is C14H12ClN3OS. The molecule has 3 rings (SSSR count). The Morgan fingerprint density at radius 3 is 2.95 bits per heavy atom. The molecular weight excluding hydrogens is 294 g/mol. The van der Waals surface area contributed by atoms with Crippen LogP contribution < -0.4 is 0 Å². The van der Waals surface area contributed by atoms with E-state index in [2.05, 4.69) is 10.1 Å². The first-order chi connectivity index (χ1) is 9.72. The van der Waals surface area contributed by atoms with Gasteiger partial charge in [-0.3, -0.25) is 9.78 Å². The third-order valence-corrected chi connectivity index (χ3v) is 4.29. The van der Waals surface area contributed by atoms with Gasteiger partial charge < -0.3 is 0 Å². The minimum Gasteiger partial charge on any atom is -0.273 e. The van der Waals surface area contributed by atoms with Gasteiger partial charge in [0.1, 0.15) is 0 Å². The molecule has 1 aliphatic heterocycles. The molecule has 1 amide bonds. The molecule has 4 nitrogen and oxygen atoms in total. The van der Waals surface area contributed by atoms with E-state index in [4.69, 9.17) is 11.6 Å². The molecule has 0 aromatic carbocycles. The van der Waals surface area contributed by atoms with E-state index in [1.54, 1.807) is 6.20 Å². The topological polar surface area (TPSA) is 45.6 Å². The van der Waals surface area contributed by atoms with E-state index in [-0.39, 0.29) is 12.3 Å². The Labute approximate surface area is 125 Å². The maximum absolute atomic E-state index is 12.2. The van der Waals surface area contributed by atoms with E-state index in [1.807, 2.05) is 30.3 Å². The van der Waals surface area contributed by atoms with Gasteiger partial charge in [-0.15, -0.1) is 11.3 Å². The second kappa shape index (κ2) is 5.73. The van der Waals surface area contributed by atoms with Gasteiger partial charge in [-0.05, 0) is 24.3 Å². The van der Waals surface area contributed by atoms with Gasteiger partial charge in [-0.2, -0.15) is 5.10 Å². The highest BCUT2D eigenvalue weighted by Crippen LogP contribution is 2.25. The van der Waals surface area contributed by atoms with E-state index in [0.29, 0.717) is 6.54 Å². The normalized spacial score (nSPS) is 14.4. The zero-order valence-corrected chi connectivity index (χ0v) is 12.2. The van der Waals surface area contributed by atoms with Crippen LogP contribution >= 0.6 is 22.9 Å². The van der Waals surface area contributed by atoms with Gasteiger partial charge in [-0.1, -0.05) is 17.7 Å². The first kappa shape index (κ1) is 13.3. The Morgan fingerprint density at radius 1 is 1.35 bits per heavy atom. The van der Waals surface area contributed by atoms with Crippen molar-refractivity contribution in [3.05, 3.63) is 51.4 Å². The number of carbonyl (C=O) groups excluding carboxylic acids is 1. The number of rotatable bonds is 3. The van der Waals surface area contributed by atoms with Crippen molar-refractivity contribution in [2.24, 2.45) is 5.10 Å². The smallest absolute Gasteiger partial charge is 0.248 e. The molecule has 0 saturated carbocycles. The molecule has 0 spiro atoms. The SMILES string of the molecule is O=C(Cc1ccccn1)N1CCC(c2ccc(Cl)s2)=N1. The molecule has 0 aliphatic carbocycles. The van der Waals surface area contributed by atoms with Crippen molar-refractivity contribution in [2.45, 2.75) is 12.8 Å². The number of carbonyl (C=O) groups is 1. The van der Waals surface area contributed by atoms with Gasteiger partial charge in [0, 0.05) is 18.3 Å². The molecule has 102 valence electrons. The van der Waals surface area contributed by atoms with Crippen LogP contribution in [0.2, 0.25) is 4.34 Å². The quantitative estimate of drug-likeness (QED) is 0.875. The lowest BCUT2D eigenvalue weighted by atomic mass is 10.2. The Hall–Kier alpha value is -1.72. The number of nitrogens with zero attached hydrogens (tertiary/aromatic N) is 3. The monoisotopic (exact) mass is 305 g/mol. The van der Waals surface area contributed by atoms with Gasteiger partial charge in [0.25, 0.3) is 0 Å². The summed E-state index contributed by atoms with van der Waals surface area (Å²) in [5, 5.41) is 5.92. The Kier molecular flexibility index (Phi) is 3.80. The van der Waals surface area contributed by atoms with Crippen LogP contribution in [0.1, 0.15) is 17.0 Å². The average Bonchev–Trinajstić information content (AvgIpc) is 3.08. The third kappa shape index (κ3) is 2.89. The summed E-state index contributed by atoms with van der Waals surface area (Å²) < 4.78 is 0.737. The molecule has 0 unspecified atom stereocenters. The lowest BCUT2D eigenvalue weighted by Gasteiger charge is -2.10. The van der Waals surface area contributed by atoms with Crippen LogP contribution in [-0.4, -0.2) is 28.2 Å². The summed E-state index contributed by atoms with van der Waals surface area (Å²) in [7, 11) is 0. The van der Waals surface area contributed by atoms with Gasteiger partial charge in [0.15, 0.2) is 0 Å². The third-order valence-electron chi connectivity index (χ3n) is 3.01. The Balaban J connectivity index is 1.70. The lowest BCUT2D eigenvalue weighted by molar-refractivity contribution is -0.130. The summed E-state index contributed by atoms with van der Waals surface area (Å²) in [6.45, 7) is 0.622. The summed E-state index contributed by atoms with van der Waals surface area (Å²) >= 11 is 7.41. The molecule has 20 heavy (non-hydrogen) atoms. The van der Waals surface area contributed by atoms with Gasteiger partial charge in [0.05, 0.1) is 27.9 Å². The van der Waals surface area contributed by atoms with E-state index in [1.165, 1.54) is 16.3 Å². The van der Waals surface area contributed by atoms with Crippen LogP contribution in [0.4, 0.5) is 0 Å². The predicted octanol–water partition coefficient (Wildman–Crippen LogP) is 2.98. The molecule has 2 aromatic heterocycles. The van der Waals surface area contributed by atoms with Crippen molar-refractivity contribution in [3.8, 4) is 0 Å². The largest absolute Gasteiger partial charge is 0.273 e. The number of amides is 1. The maximum atomic E-state index is 12.2. The van der Waals surface area contributed by atoms with Crippen LogP contribution in [0.25, 0.3) is 0 Å². The van der Waals surface area contributed by atoms with Crippen LogP contribution in [0.3, 0.4) is 0 Å². The summed E-state index contributed by atoms with van der Waals surface area (Å²) in [5.41, 5.74) is 1.69. The van der Waals surface area contributed by atoms with Crippen molar-refractivity contribution >= 4 is 34.6 Å². The average molecular weight is 306 g/mol. The number of halogens is 1. The maximum Gasteiger partial charge on any atom is 0.248 e. The van der Waals surface area contributed by atoms with E-state index < -0.39 is 0 Å². The van der Waals surface area contributed by atoms with Crippen LogP contribution in [0.15, 0.2) is 41.6 Å².